The van der Waals surface area contributed by atoms with Gasteiger partial charge in [-0.1, -0.05) is 6.07 Å². The molecule has 1 N–H and O–H groups in total. The molecule has 0 aromatic heterocycles. The lowest BCUT2D eigenvalue weighted by Gasteiger charge is -2.20. The zero-order valence-electron chi connectivity index (χ0n) is 12.4. The lowest BCUT2D eigenvalue weighted by Crippen LogP contribution is -2.34. The largest absolute Gasteiger partial charge is 0.491 e. The average molecular weight is 290 g/mol. The molecule has 0 radical (unpaired) electrons. The molecule has 1 saturated heterocycles. The Labute approximate surface area is 125 Å². The summed E-state index contributed by atoms with van der Waals surface area (Å²) in [6.07, 6.45) is 0.586. The molecule has 5 nitrogen and oxygen atoms in total. The van der Waals surface area contributed by atoms with E-state index >= 15 is 0 Å². The van der Waals surface area contributed by atoms with Crippen molar-refractivity contribution in [2.24, 2.45) is 5.92 Å². The number of likely N-dealkylation sites (tertiary alicyclic amines) is 1. The molecular formula is C16H22N2O3. The molecule has 1 heterocycles. The van der Waals surface area contributed by atoms with Gasteiger partial charge in [0.2, 0.25) is 0 Å². The molecule has 21 heavy (non-hydrogen) atoms. The van der Waals surface area contributed by atoms with Crippen LogP contribution in [0.3, 0.4) is 0 Å². The van der Waals surface area contributed by atoms with Crippen molar-refractivity contribution in [2.75, 3.05) is 40.0 Å². The minimum atomic E-state index is -0.531. The molecule has 1 aliphatic heterocycles. The first kappa shape index (κ1) is 15.8. The summed E-state index contributed by atoms with van der Waals surface area (Å²) >= 11 is 0. The van der Waals surface area contributed by atoms with E-state index in [0.29, 0.717) is 23.8 Å². The molecule has 2 atom stereocenters. The van der Waals surface area contributed by atoms with Crippen LogP contribution in [-0.4, -0.2) is 56.1 Å². The Morgan fingerprint density at radius 3 is 3.14 bits per heavy atom. The third-order valence-corrected chi connectivity index (χ3v) is 3.65. The first-order valence-electron chi connectivity index (χ1n) is 7.23. The molecule has 1 aliphatic rings. The van der Waals surface area contributed by atoms with Crippen LogP contribution in [0.2, 0.25) is 0 Å². The van der Waals surface area contributed by atoms with Crippen LogP contribution in [0.25, 0.3) is 0 Å². The van der Waals surface area contributed by atoms with Crippen LogP contribution in [0.4, 0.5) is 0 Å². The van der Waals surface area contributed by atoms with E-state index in [2.05, 4.69) is 11.0 Å². The highest BCUT2D eigenvalue weighted by atomic mass is 16.5. The lowest BCUT2D eigenvalue weighted by molar-refractivity contribution is 0.0723. The van der Waals surface area contributed by atoms with Gasteiger partial charge in [-0.2, -0.15) is 5.26 Å². The summed E-state index contributed by atoms with van der Waals surface area (Å²) in [7, 11) is 1.72. The van der Waals surface area contributed by atoms with E-state index in [-0.39, 0.29) is 6.61 Å². The van der Waals surface area contributed by atoms with Gasteiger partial charge in [-0.15, -0.1) is 0 Å². The molecule has 0 amide bonds. The number of aliphatic hydroxyl groups is 1. The van der Waals surface area contributed by atoms with Gasteiger partial charge in [-0.25, -0.2) is 0 Å². The third-order valence-electron chi connectivity index (χ3n) is 3.65. The average Bonchev–Trinajstić information content (AvgIpc) is 2.93. The number of rotatable bonds is 7. The highest BCUT2D eigenvalue weighted by molar-refractivity contribution is 5.36. The monoisotopic (exact) mass is 290 g/mol. The maximum Gasteiger partial charge on any atom is 0.120 e. The first-order valence-corrected chi connectivity index (χ1v) is 7.23. The molecule has 1 aromatic carbocycles. The molecular weight excluding hydrogens is 268 g/mol. The number of nitrogens with zero attached hydrogens (tertiary/aromatic N) is 2. The van der Waals surface area contributed by atoms with Crippen LogP contribution in [0.1, 0.15) is 12.0 Å². The van der Waals surface area contributed by atoms with Crippen molar-refractivity contribution < 1.29 is 14.6 Å². The standard InChI is InChI=1S/C16H22N2O3/c1-20-11-14-5-6-18(9-14)10-15(19)12-21-16-4-2-3-13(7-16)8-17/h2-4,7,14-15,19H,5-6,9-12H2,1H3. The van der Waals surface area contributed by atoms with Crippen molar-refractivity contribution in [1.29, 1.82) is 5.26 Å². The summed E-state index contributed by atoms with van der Waals surface area (Å²) in [4.78, 5) is 2.24. The van der Waals surface area contributed by atoms with E-state index < -0.39 is 6.10 Å². The number of hydrogen-bond donors (Lipinski definition) is 1. The lowest BCUT2D eigenvalue weighted by atomic mass is 10.1. The Kier molecular flexibility index (Phi) is 6.00. The zero-order chi connectivity index (χ0) is 15.1. The number of ether oxygens (including phenoxy) is 2. The van der Waals surface area contributed by atoms with Crippen LogP contribution in [0.15, 0.2) is 24.3 Å². The maximum absolute atomic E-state index is 10.1. The van der Waals surface area contributed by atoms with Crippen molar-refractivity contribution in [3.8, 4) is 11.8 Å². The van der Waals surface area contributed by atoms with Crippen molar-refractivity contribution in [2.45, 2.75) is 12.5 Å². The minimum absolute atomic E-state index is 0.236. The van der Waals surface area contributed by atoms with Crippen molar-refractivity contribution in [3.63, 3.8) is 0 Å². The van der Waals surface area contributed by atoms with Crippen molar-refractivity contribution in [1.82, 2.24) is 4.90 Å². The van der Waals surface area contributed by atoms with Gasteiger partial charge in [0.15, 0.2) is 0 Å². The van der Waals surface area contributed by atoms with Gasteiger partial charge in [0.05, 0.1) is 18.2 Å². The number of nitriles is 1. The minimum Gasteiger partial charge on any atom is -0.491 e. The smallest absolute Gasteiger partial charge is 0.120 e. The van der Waals surface area contributed by atoms with Gasteiger partial charge in [0, 0.05) is 20.2 Å². The van der Waals surface area contributed by atoms with Crippen LogP contribution in [0, 0.1) is 17.2 Å². The number of methoxy groups -OCH3 is 1. The summed E-state index contributed by atoms with van der Waals surface area (Å²) in [5, 5.41) is 18.9. The number of benzene rings is 1. The number of β-amino-alcohol motifs (C(OH)–C–C–N with tert-alkyl or cyclic N) is 1. The summed E-state index contributed by atoms with van der Waals surface area (Å²) in [6.45, 7) is 3.59. The molecule has 5 heteroatoms. The molecule has 0 spiro atoms. The maximum atomic E-state index is 10.1. The Morgan fingerprint density at radius 1 is 1.52 bits per heavy atom. The molecule has 2 rings (SSSR count). The van der Waals surface area contributed by atoms with E-state index in [0.717, 1.165) is 26.1 Å². The van der Waals surface area contributed by atoms with Crippen LogP contribution >= 0.6 is 0 Å². The van der Waals surface area contributed by atoms with Crippen LogP contribution < -0.4 is 4.74 Å². The van der Waals surface area contributed by atoms with Crippen molar-refractivity contribution >= 4 is 0 Å². The number of hydrogen-bond acceptors (Lipinski definition) is 5. The second-order valence-corrected chi connectivity index (χ2v) is 5.47. The molecule has 0 bridgehead atoms. The second-order valence-electron chi connectivity index (χ2n) is 5.47. The summed E-state index contributed by atoms with van der Waals surface area (Å²) in [6, 6.07) is 9.03. The quantitative estimate of drug-likeness (QED) is 0.819. The fourth-order valence-electron chi connectivity index (χ4n) is 2.65. The summed E-state index contributed by atoms with van der Waals surface area (Å²) in [5.41, 5.74) is 0.559. The predicted molar refractivity (Wildman–Crippen MR) is 79.1 cm³/mol. The Morgan fingerprint density at radius 2 is 2.38 bits per heavy atom. The zero-order valence-corrected chi connectivity index (χ0v) is 12.4. The predicted octanol–water partition coefficient (Wildman–Crippen LogP) is 1.27. The van der Waals surface area contributed by atoms with Gasteiger partial charge in [-0.3, -0.25) is 0 Å². The van der Waals surface area contributed by atoms with Crippen LogP contribution in [-0.2, 0) is 4.74 Å². The Bertz CT molecular complexity index is 487. The Balaban J connectivity index is 1.72. The highest BCUT2D eigenvalue weighted by Crippen LogP contribution is 2.17. The topological polar surface area (TPSA) is 65.7 Å². The molecule has 0 aliphatic carbocycles. The van der Waals surface area contributed by atoms with Gasteiger partial charge >= 0.3 is 0 Å². The fraction of sp³-hybridized carbons (Fsp3) is 0.562. The Hall–Kier alpha value is -1.61. The van der Waals surface area contributed by atoms with E-state index in [9.17, 15) is 5.11 Å². The van der Waals surface area contributed by atoms with Gasteiger partial charge in [0.25, 0.3) is 0 Å². The fourth-order valence-corrected chi connectivity index (χ4v) is 2.65. The molecule has 0 saturated carbocycles. The van der Waals surface area contributed by atoms with Crippen LogP contribution in [0.5, 0.6) is 5.75 Å². The van der Waals surface area contributed by atoms with Crippen molar-refractivity contribution in [3.05, 3.63) is 29.8 Å². The number of aliphatic hydroxyl groups excluding tert-OH is 1. The molecule has 1 aromatic rings. The third kappa shape index (κ3) is 5.01. The van der Waals surface area contributed by atoms with Gasteiger partial charge in [0.1, 0.15) is 18.5 Å². The van der Waals surface area contributed by atoms with E-state index in [1.165, 1.54) is 0 Å². The van der Waals surface area contributed by atoms with E-state index in [4.69, 9.17) is 14.7 Å². The summed E-state index contributed by atoms with van der Waals surface area (Å²) in [5.74, 6) is 1.18. The first-order chi connectivity index (χ1) is 10.2. The van der Waals surface area contributed by atoms with E-state index in [1.807, 2.05) is 0 Å². The molecule has 114 valence electrons. The SMILES string of the molecule is COCC1CCN(CC(O)COc2cccc(C#N)c2)C1. The molecule has 2 unspecified atom stereocenters. The summed E-state index contributed by atoms with van der Waals surface area (Å²) < 4.78 is 10.7. The second kappa shape index (κ2) is 7.99. The van der Waals surface area contributed by atoms with Gasteiger partial charge in [-0.05, 0) is 37.1 Å². The van der Waals surface area contributed by atoms with E-state index in [1.54, 1.807) is 31.4 Å². The normalized spacial score (nSPS) is 20.1. The van der Waals surface area contributed by atoms with Gasteiger partial charge < -0.3 is 19.5 Å². The molecule has 1 fully saturated rings. The highest BCUT2D eigenvalue weighted by Gasteiger charge is 2.24.